The van der Waals surface area contributed by atoms with Crippen LogP contribution in [-0.2, 0) is 38.5 Å². The molecule has 4 aromatic carbocycles. The van der Waals surface area contributed by atoms with Gasteiger partial charge in [-0.05, 0) is 149 Å². The fourth-order valence-corrected chi connectivity index (χ4v) is 11.2. The van der Waals surface area contributed by atoms with Crippen LogP contribution in [0, 0.1) is 18.8 Å². The van der Waals surface area contributed by atoms with Gasteiger partial charge in [0.25, 0.3) is 11.8 Å². The highest BCUT2D eigenvalue weighted by Crippen LogP contribution is 2.37. The van der Waals surface area contributed by atoms with Crippen molar-refractivity contribution in [3.05, 3.63) is 125 Å². The lowest BCUT2D eigenvalue weighted by Gasteiger charge is -2.33. The number of carbonyl (C=O) groups excluding carboxylic acids is 5. The van der Waals surface area contributed by atoms with Crippen molar-refractivity contribution in [1.82, 2.24) is 30.4 Å². The van der Waals surface area contributed by atoms with Gasteiger partial charge in [-0.2, -0.15) is 5.10 Å². The Labute approximate surface area is 442 Å². The minimum Gasteiger partial charge on any atom is -0.487 e. The Kier molecular flexibility index (Phi) is 14.7. The number of aromatic amines is 1. The SMILES string of the molecule is Cc1c(OCC(F)(F)CC2CCN(CC(=O)Nc3ccc4c(CC5CCC(=O)NC5=O)[nH]nc4c3)CC2)cccc1-c1ccc(N2CCc3cccc(C(=O)Nc4nc5ccccc5s4)c3C2)nc1C(=O)OC(C)(C)C. The van der Waals surface area contributed by atoms with E-state index in [0.717, 1.165) is 32.4 Å². The molecule has 7 aromatic rings. The smallest absolute Gasteiger partial charge is 0.358 e. The van der Waals surface area contributed by atoms with Crippen molar-refractivity contribution >= 4 is 78.7 Å². The van der Waals surface area contributed by atoms with Crippen molar-refractivity contribution in [2.75, 3.05) is 48.3 Å². The highest BCUT2D eigenvalue weighted by atomic mass is 32.1. The zero-order valence-electron chi connectivity index (χ0n) is 42.8. The molecule has 19 heteroatoms. The third kappa shape index (κ3) is 11.9. The van der Waals surface area contributed by atoms with E-state index in [4.69, 9.17) is 14.5 Å². The molecule has 394 valence electrons. The fourth-order valence-electron chi connectivity index (χ4n) is 10.4. The molecule has 0 aliphatic carbocycles. The Morgan fingerprint density at radius 3 is 2.45 bits per heavy atom. The monoisotopic (exact) mass is 1050 g/mol. The van der Waals surface area contributed by atoms with Crippen LogP contribution >= 0.6 is 11.3 Å². The molecule has 2 saturated heterocycles. The normalized spacial score (nSPS) is 16.6. The predicted octanol–water partition coefficient (Wildman–Crippen LogP) is 9.66. The van der Waals surface area contributed by atoms with E-state index in [2.05, 4.69) is 31.1 Å². The van der Waals surface area contributed by atoms with Crippen LogP contribution in [-0.4, -0.2) is 99.0 Å². The number of piperidine rings is 2. The van der Waals surface area contributed by atoms with E-state index in [1.165, 1.54) is 11.3 Å². The number of amides is 4. The summed E-state index contributed by atoms with van der Waals surface area (Å²) in [5.41, 5.74) is 6.00. The van der Waals surface area contributed by atoms with Crippen molar-refractivity contribution in [3.8, 4) is 16.9 Å². The number of pyridine rings is 1. The van der Waals surface area contributed by atoms with Crippen LogP contribution in [0.1, 0.15) is 96.1 Å². The second-order valence-corrected chi connectivity index (χ2v) is 22.0. The van der Waals surface area contributed by atoms with Crippen molar-refractivity contribution < 1.29 is 42.2 Å². The minimum atomic E-state index is -3.15. The molecule has 10 rings (SSSR count). The van der Waals surface area contributed by atoms with Gasteiger partial charge in [0.15, 0.2) is 17.4 Å². The molecule has 16 nitrogen and oxygen atoms in total. The van der Waals surface area contributed by atoms with Crippen LogP contribution in [0.3, 0.4) is 0 Å². The van der Waals surface area contributed by atoms with Crippen LogP contribution < -0.4 is 25.6 Å². The number of nitrogens with zero attached hydrogens (tertiary/aromatic N) is 5. The van der Waals surface area contributed by atoms with E-state index < -0.39 is 24.1 Å². The molecule has 1 unspecified atom stereocenters. The number of alkyl halides is 2. The van der Waals surface area contributed by atoms with Gasteiger partial charge in [-0.25, -0.2) is 23.5 Å². The number of thiazole rings is 1. The van der Waals surface area contributed by atoms with Crippen LogP contribution in [0.4, 0.5) is 25.4 Å². The zero-order valence-corrected chi connectivity index (χ0v) is 43.6. The lowest BCUT2D eigenvalue weighted by atomic mass is 9.91. The summed E-state index contributed by atoms with van der Waals surface area (Å²) in [5, 5.41) is 17.0. The molecule has 0 bridgehead atoms. The number of hydrogen-bond acceptors (Lipinski definition) is 13. The number of fused-ring (bicyclic) bond motifs is 3. The fraction of sp³-hybridized carbons (Fsp3) is 0.368. The average molecular weight is 1050 g/mol. The van der Waals surface area contributed by atoms with Crippen molar-refractivity contribution in [1.29, 1.82) is 0 Å². The number of anilines is 3. The quantitative estimate of drug-likeness (QED) is 0.0561. The molecule has 0 spiro atoms. The third-order valence-electron chi connectivity index (χ3n) is 14.2. The van der Waals surface area contributed by atoms with E-state index in [0.29, 0.717) is 109 Å². The molecule has 4 amide bonds. The number of aromatic nitrogens is 4. The molecule has 4 N–H and O–H groups in total. The van der Waals surface area contributed by atoms with Crippen molar-refractivity contribution in [2.45, 2.75) is 90.7 Å². The predicted molar refractivity (Wildman–Crippen MR) is 287 cm³/mol. The molecule has 3 aromatic heterocycles. The summed E-state index contributed by atoms with van der Waals surface area (Å²) < 4.78 is 44.3. The maximum atomic E-state index is 15.8. The number of imide groups is 1. The molecule has 76 heavy (non-hydrogen) atoms. The maximum Gasteiger partial charge on any atom is 0.358 e. The van der Waals surface area contributed by atoms with Gasteiger partial charge in [0.2, 0.25) is 17.7 Å². The lowest BCUT2D eigenvalue weighted by molar-refractivity contribution is -0.136. The summed E-state index contributed by atoms with van der Waals surface area (Å²) in [4.78, 5) is 78.3. The van der Waals surface area contributed by atoms with E-state index in [9.17, 15) is 24.0 Å². The molecule has 2 fully saturated rings. The number of carbonyl (C=O) groups is 5. The van der Waals surface area contributed by atoms with Gasteiger partial charge in [0.05, 0.1) is 22.3 Å². The van der Waals surface area contributed by atoms with Gasteiger partial charge in [-0.15, -0.1) is 0 Å². The largest absolute Gasteiger partial charge is 0.487 e. The van der Waals surface area contributed by atoms with Gasteiger partial charge < -0.3 is 19.7 Å². The first-order valence-electron chi connectivity index (χ1n) is 25.6. The zero-order chi connectivity index (χ0) is 53.3. The molecule has 0 radical (unpaired) electrons. The first-order chi connectivity index (χ1) is 36.4. The van der Waals surface area contributed by atoms with Crippen LogP contribution in [0.15, 0.2) is 91.0 Å². The Morgan fingerprint density at radius 1 is 0.855 bits per heavy atom. The van der Waals surface area contributed by atoms with Gasteiger partial charge in [0, 0.05) is 66.2 Å². The summed E-state index contributed by atoms with van der Waals surface area (Å²) in [6, 6.07) is 27.5. The molecule has 3 aliphatic rings. The minimum absolute atomic E-state index is 0.0592. The Hall–Kier alpha value is -7.64. The first-order valence-corrected chi connectivity index (χ1v) is 26.4. The number of benzene rings is 4. The van der Waals surface area contributed by atoms with E-state index >= 15 is 8.78 Å². The number of nitrogens with one attached hydrogen (secondary N) is 4. The van der Waals surface area contributed by atoms with Gasteiger partial charge in [-0.1, -0.05) is 47.7 Å². The Balaban J connectivity index is 0.753. The Morgan fingerprint density at radius 2 is 1.66 bits per heavy atom. The number of esters is 1. The number of rotatable bonds is 15. The molecule has 1 atom stereocenters. The summed E-state index contributed by atoms with van der Waals surface area (Å²) in [6.07, 6.45) is 2.44. The van der Waals surface area contributed by atoms with E-state index in [-0.39, 0.29) is 59.9 Å². The number of halogens is 2. The molecular formula is C57H59F2N9O7S. The number of hydrogen-bond donors (Lipinski definition) is 4. The summed E-state index contributed by atoms with van der Waals surface area (Å²) >= 11 is 1.41. The van der Waals surface area contributed by atoms with Crippen molar-refractivity contribution in [3.63, 3.8) is 0 Å². The van der Waals surface area contributed by atoms with Crippen LogP contribution in [0.25, 0.3) is 32.2 Å². The molecule has 6 heterocycles. The summed E-state index contributed by atoms with van der Waals surface area (Å²) in [5.74, 6) is -4.68. The number of likely N-dealkylation sites (tertiary alicyclic amines) is 1. The average Bonchev–Trinajstić information content (AvgIpc) is 4.01. The van der Waals surface area contributed by atoms with Gasteiger partial charge in [-0.3, -0.25) is 39.8 Å². The molecule has 0 saturated carbocycles. The van der Waals surface area contributed by atoms with Crippen LogP contribution in [0.2, 0.25) is 0 Å². The van der Waals surface area contributed by atoms with E-state index in [1.807, 2.05) is 58.3 Å². The Bertz CT molecular complexity index is 3350. The standard InChI is InChI=1S/C57H59F2N9O7S/c1-33-38(39-18-19-48(62-51(39)54(73)75-56(2,3)4)68-26-23-35-9-7-11-40(42(35)30-68)53(72)64-55-61-43-12-5-6-14-47(43)76-55)10-8-13-46(33)74-32-57(58,59)29-34-21-24-67(25-22-34)31-50(70)60-37-16-17-41-44(65-66-45(41)28-37)27-36-15-20-49(69)63-52(36)71/h5-14,16-19,28,34,36H,15,20-27,29-32H2,1-4H3,(H,60,70)(H,65,66)(H,61,64,72)(H,63,69,71). The first kappa shape index (κ1) is 51.8. The van der Waals surface area contributed by atoms with E-state index in [1.54, 1.807) is 70.2 Å². The number of H-pyrrole nitrogens is 1. The van der Waals surface area contributed by atoms with Gasteiger partial charge >= 0.3 is 5.97 Å². The van der Waals surface area contributed by atoms with Crippen molar-refractivity contribution in [2.24, 2.45) is 11.8 Å². The number of para-hydroxylation sites is 1. The summed E-state index contributed by atoms with van der Waals surface area (Å²) in [6.45, 7) is 8.26. The summed E-state index contributed by atoms with van der Waals surface area (Å²) in [7, 11) is 0. The van der Waals surface area contributed by atoms with Crippen LogP contribution in [0.5, 0.6) is 5.75 Å². The maximum absolute atomic E-state index is 15.8. The topological polar surface area (TPSA) is 201 Å². The number of ether oxygens (including phenoxy) is 2. The third-order valence-corrected chi connectivity index (χ3v) is 15.2. The highest BCUT2D eigenvalue weighted by Gasteiger charge is 2.36. The molecular weight excluding hydrogens is 993 g/mol. The second kappa shape index (κ2) is 21.5. The van der Waals surface area contributed by atoms with Gasteiger partial charge in [0.1, 0.15) is 17.2 Å². The second-order valence-electron chi connectivity index (χ2n) is 21.0. The molecule has 3 aliphatic heterocycles. The lowest BCUT2D eigenvalue weighted by Crippen LogP contribution is -2.41. The highest BCUT2D eigenvalue weighted by molar-refractivity contribution is 7.22.